The fourth-order valence-electron chi connectivity index (χ4n) is 3.89. The Kier molecular flexibility index (Phi) is 8.21. The number of Topliss-reactive ketones (excluding diaryl/α,β-unsaturated/α-hetero) is 1. The summed E-state index contributed by atoms with van der Waals surface area (Å²) in [6.07, 6.45) is 0.704. The van der Waals surface area contributed by atoms with Crippen molar-refractivity contribution in [2.24, 2.45) is 5.16 Å². The second kappa shape index (κ2) is 11.4. The highest BCUT2D eigenvalue weighted by Gasteiger charge is 2.37. The van der Waals surface area contributed by atoms with Crippen molar-refractivity contribution in [3.63, 3.8) is 0 Å². The summed E-state index contributed by atoms with van der Waals surface area (Å²) in [6, 6.07) is 22.5. The molecule has 0 radical (unpaired) electrons. The fourth-order valence-corrected chi connectivity index (χ4v) is 4.25. The predicted octanol–water partition coefficient (Wildman–Crippen LogP) is 7.07. The Morgan fingerprint density at radius 1 is 0.921 bits per heavy atom. The van der Waals surface area contributed by atoms with E-state index in [2.05, 4.69) is 5.16 Å². The summed E-state index contributed by atoms with van der Waals surface area (Å²) in [5.41, 5.74) is 1.66. The Hall–Kier alpha value is -3.65. The van der Waals surface area contributed by atoms with Gasteiger partial charge in [-0.25, -0.2) is 4.79 Å². The lowest BCUT2D eigenvalue weighted by molar-refractivity contribution is 0.103. The highest BCUT2D eigenvalue weighted by molar-refractivity contribution is 6.83. The topological polar surface area (TPSA) is 81.0 Å². The van der Waals surface area contributed by atoms with E-state index in [0.29, 0.717) is 34.3 Å². The highest BCUT2D eigenvalue weighted by atomic mass is 35.6. The number of para-hydroxylation sites is 1. The minimum Gasteiger partial charge on any atom is -0.347 e. The number of alkyl halides is 3. The van der Waals surface area contributed by atoms with Crippen LogP contribution in [0.5, 0.6) is 0 Å². The summed E-state index contributed by atoms with van der Waals surface area (Å²) in [5.74, 6) is -0.968. The van der Waals surface area contributed by atoms with E-state index in [-0.39, 0.29) is 11.3 Å². The Labute approximate surface area is 234 Å². The number of anilines is 1. The van der Waals surface area contributed by atoms with Crippen molar-refractivity contribution in [3.05, 3.63) is 102 Å². The monoisotopic (exact) mass is 569 g/mol. The van der Waals surface area contributed by atoms with Crippen LogP contribution in [0.15, 0.2) is 90.2 Å². The number of carbonyl (C=O) groups is 3. The number of fused-ring (bicyclic) bond motifs is 1. The van der Waals surface area contributed by atoms with E-state index in [4.69, 9.17) is 39.6 Å². The molecule has 0 saturated heterocycles. The minimum atomic E-state index is -2.30. The molecule has 1 heterocycles. The van der Waals surface area contributed by atoms with Gasteiger partial charge in [0.2, 0.25) is 9.58 Å². The van der Waals surface area contributed by atoms with E-state index in [9.17, 15) is 14.4 Å². The third-order valence-electron chi connectivity index (χ3n) is 5.88. The van der Waals surface area contributed by atoms with Crippen molar-refractivity contribution >= 4 is 74.8 Å². The third-order valence-corrected chi connectivity index (χ3v) is 6.42. The second-order valence-corrected chi connectivity index (χ2v) is 10.6. The first-order valence-corrected chi connectivity index (χ1v) is 12.7. The van der Waals surface area contributed by atoms with Crippen molar-refractivity contribution in [1.29, 1.82) is 0 Å². The molecule has 4 rings (SSSR count). The summed E-state index contributed by atoms with van der Waals surface area (Å²) in [6.45, 7) is 2.44. The maximum Gasteiger partial charge on any atom is 0.440 e. The molecular formula is C28H22Cl3N3O4. The standard InChI is InChI=1S/C28H22Cl3N3O4/c1-3-34-17-22(21-16-19(14-15-23(21)34)24(35)18-10-6-4-7-11-18)25(36)26(28(29,30)31)32-38-27(37)33(2)20-12-8-5-9-13-20/h4-17H,3H2,1-2H3/b32-26+. The minimum absolute atomic E-state index is 0.141. The van der Waals surface area contributed by atoms with E-state index in [1.807, 2.05) is 17.6 Å². The normalized spacial score (nSPS) is 11.9. The number of oxime groups is 1. The summed E-state index contributed by atoms with van der Waals surface area (Å²) in [5, 5.41) is 4.13. The number of rotatable bonds is 7. The lowest BCUT2D eigenvalue weighted by Gasteiger charge is -2.16. The van der Waals surface area contributed by atoms with E-state index in [1.54, 1.807) is 79.0 Å². The summed E-state index contributed by atoms with van der Waals surface area (Å²) in [4.78, 5) is 45.5. The molecule has 1 aromatic heterocycles. The highest BCUT2D eigenvalue weighted by Crippen LogP contribution is 2.33. The first-order chi connectivity index (χ1) is 18.1. The molecule has 4 aromatic rings. The van der Waals surface area contributed by atoms with Crippen molar-refractivity contribution in [1.82, 2.24) is 4.57 Å². The summed E-state index contributed by atoms with van der Waals surface area (Å²) in [7, 11) is 1.48. The molecule has 0 atom stereocenters. The summed E-state index contributed by atoms with van der Waals surface area (Å²) < 4.78 is -0.481. The number of aryl methyl sites for hydroxylation is 1. The van der Waals surface area contributed by atoms with Gasteiger partial charge in [0.15, 0.2) is 11.5 Å². The van der Waals surface area contributed by atoms with Gasteiger partial charge in [0.25, 0.3) is 0 Å². The van der Waals surface area contributed by atoms with Gasteiger partial charge in [-0.05, 0) is 37.3 Å². The van der Waals surface area contributed by atoms with Gasteiger partial charge in [0.05, 0.1) is 0 Å². The van der Waals surface area contributed by atoms with Crippen LogP contribution in [0.4, 0.5) is 10.5 Å². The van der Waals surface area contributed by atoms with Gasteiger partial charge in [-0.3, -0.25) is 19.3 Å². The van der Waals surface area contributed by atoms with Crippen molar-refractivity contribution in [2.45, 2.75) is 17.3 Å². The SMILES string of the molecule is CCn1cc(C(=O)/C(=N\OC(=O)N(C)c2ccccc2)C(Cl)(Cl)Cl)c2cc(C(=O)c3ccccc3)ccc21. The molecule has 0 fully saturated rings. The van der Waals surface area contributed by atoms with Crippen LogP contribution in [0.2, 0.25) is 0 Å². The van der Waals surface area contributed by atoms with Crippen LogP contribution < -0.4 is 4.90 Å². The number of amides is 1. The van der Waals surface area contributed by atoms with Crippen LogP contribution in [0.25, 0.3) is 10.9 Å². The first kappa shape index (κ1) is 27.4. The Bertz CT molecular complexity index is 1530. The molecule has 0 aliphatic heterocycles. The molecule has 0 aliphatic rings. The van der Waals surface area contributed by atoms with E-state index >= 15 is 0 Å². The molecule has 1 amide bonds. The molecule has 7 nitrogen and oxygen atoms in total. The zero-order chi connectivity index (χ0) is 27.4. The quantitative estimate of drug-likeness (QED) is 0.0782. The van der Waals surface area contributed by atoms with Crippen LogP contribution in [-0.4, -0.2) is 38.8 Å². The maximum absolute atomic E-state index is 13.7. The van der Waals surface area contributed by atoms with Crippen LogP contribution in [-0.2, 0) is 11.4 Å². The number of benzene rings is 3. The molecule has 0 spiro atoms. The van der Waals surface area contributed by atoms with E-state index in [1.165, 1.54) is 11.9 Å². The van der Waals surface area contributed by atoms with Gasteiger partial charge in [0, 0.05) is 53.1 Å². The zero-order valence-corrected chi connectivity index (χ0v) is 22.7. The average Bonchev–Trinajstić information content (AvgIpc) is 3.30. The lowest BCUT2D eigenvalue weighted by atomic mass is 9.99. The molecule has 0 bridgehead atoms. The van der Waals surface area contributed by atoms with Crippen molar-refractivity contribution in [2.75, 3.05) is 11.9 Å². The molecule has 0 aliphatic carbocycles. The number of hydrogen-bond donors (Lipinski definition) is 0. The number of halogens is 3. The average molecular weight is 571 g/mol. The molecule has 38 heavy (non-hydrogen) atoms. The molecule has 3 aromatic carbocycles. The Balaban J connectivity index is 1.72. The third kappa shape index (κ3) is 5.75. The molecular weight excluding hydrogens is 549 g/mol. The number of carbonyl (C=O) groups excluding carboxylic acids is 3. The predicted molar refractivity (Wildman–Crippen MR) is 151 cm³/mol. The lowest BCUT2D eigenvalue weighted by Crippen LogP contribution is -2.31. The Morgan fingerprint density at radius 2 is 1.55 bits per heavy atom. The molecule has 0 N–H and O–H groups in total. The number of hydrogen-bond acceptors (Lipinski definition) is 5. The number of aromatic nitrogens is 1. The smallest absolute Gasteiger partial charge is 0.347 e. The van der Waals surface area contributed by atoms with E-state index < -0.39 is 21.4 Å². The second-order valence-electron chi connectivity index (χ2n) is 8.27. The number of nitrogens with zero attached hydrogens (tertiary/aromatic N) is 3. The summed E-state index contributed by atoms with van der Waals surface area (Å²) >= 11 is 18.3. The molecule has 0 saturated carbocycles. The molecule has 10 heteroatoms. The first-order valence-electron chi connectivity index (χ1n) is 11.5. The van der Waals surface area contributed by atoms with Crippen LogP contribution in [0.1, 0.15) is 33.2 Å². The van der Waals surface area contributed by atoms with Crippen molar-refractivity contribution in [3.8, 4) is 0 Å². The van der Waals surface area contributed by atoms with E-state index in [0.717, 1.165) is 0 Å². The Morgan fingerprint density at radius 3 is 2.16 bits per heavy atom. The maximum atomic E-state index is 13.7. The van der Waals surface area contributed by atoms with Gasteiger partial charge < -0.3 is 4.57 Å². The van der Waals surface area contributed by atoms with Gasteiger partial charge in [-0.15, -0.1) is 0 Å². The fraction of sp³-hybridized carbons (Fsp3) is 0.143. The van der Waals surface area contributed by atoms with Crippen LogP contribution >= 0.6 is 34.8 Å². The van der Waals surface area contributed by atoms with Gasteiger partial charge in [-0.1, -0.05) is 88.5 Å². The van der Waals surface area contributed by atoms with Gasteiger partial charge in [-0.2, -0.15) is 0 Å². The number of ketones is 2. The van der Waals surface area contributed by atoms with Crippen molar-refractivity contribution < 1.29 is 19.2 Å². The van der Waals surface area contributed by atoms with Gasteiger partial charge in [0.1, 0.15) is 0 Å². The molecule has 194 valence electrons. The van der Waals surface area contributed by atoms with Crippen LogP contribution in [0.3, 0.4) is 0 Å². The zero-order valence-electron chi connectivity index (χ0n) is 20.4. The largest absolute Gasteiger partial charge is 0.440 e. The van der Waals surface area contributed by atoms with Gasteiger partial charge >= 0.3 is 6.09 Å². The van der Waals surface area contributed by atoms with Crippen LogP contribution in [0, 0.1) is 0 Å². The molecule has 0 unspecified atom stereocenters.